The highest BCUT2D eigenvalue weighted by atomic mass is 16.4. The molecule has 2 rings (SSSR count). The van der Waals surface area contributed by atoms with Crippen LogP contribution in [-0.4, -0.2) is 41.5 Å². The zero-order chi connectivity index (χ0) is 15.2. The molecule has 1 amide bonds. The predicted octanol–water partition coefficient (Wildman–Crippen LogP) is 1.44. The zero-order valence-corrected chi connectivity index (χ0v) is 12.1. The molecule has 114 valence electrons. The lowest BCUT2D eigenvalue weighted by atomic mass is 9.93. The normalized spacial score (nSPS) is 18.3. The van der Waals surface area contributed by atoms with Crippen LogP contribution >= 0.6 is 0 Å². The molecule has 0 aromatic heterocycles. The van der Waals surface area contributed by atoms with Gasteiger partial charge in [0.1, 0.15) is 0 Å². The third kappa shape index (κ3) is 4.29. The predicted molar refractivity (Wildman–Crippen MR) is 79.8 cm³/mol. The maximum Gasteiger partial charge on any atom is 0.311 e. The van der Waals surface area contributed by atoms with Crippen LogP contribution in [-0.2, 0) is 9.59 Å². The summed E-state index contributed by atoms with van der Waals surface area (Å²) in [5.74, 6) is -1.50. The second-order valence-electron chi connectivity index (χ2n) is 5.61. The smallest absolute Gasteiger partial charge is 0.311 e. The molecule has 1 saturated heterocycles. The molecule has 1 aliphatic heterocycles. The number of nitrogens with two attached hydrogens (primary N) is 1. The molecule has 1 atom stereocenters. The Morgan fingerprint density at radius 2 is 1.86 bits per heavy atom. The van der Waals surface area contributed by atoms with Gasteiger partial charge in [0.05, 0.1) is 5.92 Å². The Morgan fingerprint density at radius 3 is 2.38 bits per heavy atom. The van der Waals surface area contributed by atoms with Gasteiger partial charge >= 0.3 is 5.97 Å². The number of carboxylic acid groups (broad SMARTS) is 1. The number of nitrogens with zero attached hydrogens (tertiary/aromatic N) is 1. The van der Waals surface area contributed by atoms with Gasteiger partial charge in [-0.2, -0.15) is 0 Å². The lowest BCUT2D eigenvalue weighted by Gasteiger charge is -2.31. The summed E-state index contributed by atoms with van der Waals surface area (Å²) in [6, 6.07) is 9.33. The van der Waals surface area contributed by atoms with Gasteiger partial charge in [-0.25, -0.2) is 0 Å². The van der Waals surface area contributed by atoms with Crippen LogP contribution in [0.15, 0.2) is 30.3 Å². The average Bonchev–Trinajstić information content (AvgIpc) is 2.48. The van der Waals surface area contributed by atoms with Gasteiger partial charge in [-0.05, 0) is 44.5 Å². The largest absolute Gasteiger partial charge is 0.481 e. The van der Waals surface area contributed by atoms with Gasteiger partial charge in [-0.1, -0.05) is 30.3 Å². The number of hydrogen-bond acceptors (Lipinski definition) is 3. The number of carbonyl (C=O) groups is 2. The van der Waals surface area contributed by atoms with Crippen LogP contribution in [0.4, 0.5) is 0 Å². The van der Waals surface area contributed by atoms with Crippen LogP contribution in [0.3, 0.4) is 0 Å². The summed E-state index contributed by atoms with van der Waals surface area (Å²) < 4.78 is 0. The fraction of sp³-hybridized carbons (Fsp3) is 0.500. The van der Waals surface area contributed by atoms with Crippen molar-refractivity contribution in [1.29, 1.82) is 0 Å². The Hall–Kier alpha value is -1.88. The zero-order valence-electron chi connectivity index (χ0n) is 12.1. The lowest BCUT2D eigenvalue weighted by molar-refractivity contribution is -0.139. The molecule has 0 aliphatic carbocycles. The van der Waals surface area contributed by atoms with Gasteiger partial charge in [-0.15, -0.1) is 0 Å². The highest BCUT2D eigenvalue weighted by Crippen LogP contribution is 2.22. The minimum atomic E-state index is -0.784. The number of hydrogen-bond donors (Lipinski definition) is 2. The highest BCUT2D eigenvalue weighted by Gasteiger charge is 2.25. The Balaban J connectivity index is 1.86. The summed E-state index contributed by atoms with van der Waals surface area (Å²) in [4.78, 5) is 24.8. The molecule has 1 heterocycles. The van der Waals surface area contributed by atoms with Gasteiger partial charge < -0.3 is 15.7 Å². The molecule has 1 aliphatic rings. The van der Waals surface area contributed by atoms with Crippen molar-refractivity contribution < 1.29 is 14.7 Å². The van der Waals surface area contributed by atoms with Gasteiger partial charge in [0, 0.05) is 5.92 Å². The van der Waals surface area contributed by atoms with E-state index in [1.54, 1.807) is 0 Å². The summed E-state index contributed by atoms with van der Waals surface area (Å²) >= 11 is 0. The van der Waals surface area contributed by atoms with Crippen LogP contribution in [0.5, 0.6) is 0 Å². The summed E-state index contributed by atoms with van der Waals surface area (Å²) in [7, 11) is 0. The maximum atomic E-state index is 11.4. The molecule has 1 unspecified atom stereocenters. The lowest BCUT2D eigenvalue weighted by Crippen LogP contribution is -2.39. The van der Waals surface area contributed by atoms with E-state index in [0.29, 0.717) is 6.42 Å². The minimum absolute atomic E-state index is 0.0226. The molecule has 0 bridgehead atoms. The monoisotopic (exact) mass is 290 g/mol. The Bertz CT molecular complexity index is 482. The molecule has 0 spiro atoms. The molecular formula is C16H22N2O3. The molecule has 5 nitrogen and oxygen atoms in total. The molecule has 1 aromatic carbocycles. The number of benzene rings is 1. The van der Waals surface area contributed by atoms with Crippen LogP contribution in [0.2, 0.25) is 0 Å². The number of carbonyl (C=O) groups excluding carboxylic acids is 1. The fourth-order valence-corrected chi connectivity index (χ4v) is 2.87. The van der Waals surface area contributed by atoms with Gasteiger partial charge in [0.15, 0.2) is 0 Å². The van der Waals surface area contributed by atoms with E-state index in [1.807, 2.05) is 30.3 Å². The number of piperidine rings is 1. The summed E-state index contributed by atoms with van der Waals surface area (Å²) in [5.41, 5.74) is 6.16. The fourth-order valence-electron chi connectivity index (χ4n) is 2.87. The average molecular weight is 290 g/mol. The summed E-state index contributed by atoms with van der Waals surface area (Å²) in [5, 5.41) is 9.39. The first kappa shape index (κ1) is 15.5. The molecule has 5 heteroatoms. The standard InChI is InChI=1S/C16H22N2O3/c17-15(19)13-6-9-18(10-7-13)11-8-14(16(20)21)12-4-2-1-3-5-12/h1-5,13-14H,6-11H2,(H2,17,19)(H,20,21). The Kier molecular flexibility index (Phi) is 5.33. The number of primary amides is 1. The maximum absolute atomic E-state index is 11.4. The van der Waals surface area contributed by atoms with Crippen molar-refractivity contribution in [2.24, 2.45) is 11.7 Å². The number of rotatable bonds is 6. The highest BCUT2D eigenvalue weighted by molar-refractivity contribution is 5.77. The third-order valence-electron chi connectivity index (χ3n) is 4.22. The summed E-state index contributed by atoms with van der Waals surface area (Å²) in [6.45, 7) is 2.36. The molecule has 0 radical (unpaired) electrons. The van der Waals surface area contributed by atoms with Crippen LogP contribution in [0.1, 0.15) is 30.7 Å². The van der Waals surface area contributed by atoms with E-state index in [-0.39, 0.29) is 11.8 Å². The quantitative estimate of drug-likeness (QED) is 0.830. The van der Waals surface area contributed by atoms with E-state index in [2.05, 4.69) is 4.90 Å². The van der Waals surface area contributed by atoms with Crippen molar-refractivity contribution in [3.63, 3.8) is 0 Å². The Labute approximate surface area is 124 Å². The number of amides is 1. The van der Waals surface area contributed by atoms with Crippen LogP contribution in [0.25, 0.3) is 0 Å². The van der Waals surface area contributed by atoms with E-state index >= 15 is 0 Å². The van der Waals surface area contributed by atoms with Crippen molar-refractivity contribution in [2.45, 2.75) is 25.2 Å². The van der Waals surface area contributed by atoms with Crippen LogP contribution < -0.4 is 5.73 Å². The van der Waals surface area contributed by atoms with Crippen molar-refractivity contribution in [3.8, 4) is 0 Å². The van der Waals surface area contributed by atoms with E-state index in [4.69, 9.17) is 5.73 Å². The van der Waals surface area contributed by atoms with Crippen molar-refractivity contribution in [3.05, 3.63) is 35.9 Å². The first-order valence-corrected chi connectivity index (χ1v) is 7.37. The molecule has 21 heavy (non-hydrogen) atoms. The number of carboxylic acids is 1. The number of likely N-dealkylation sites (tertiary alicyclic amines) is 1. The van der Waals surface area contributed by atoms with Crippen molar-refractivity contribution >= 4 is 11.9 Å². The van der Waals surface area contributed by atoms with Gasteiger partial charge in [0.2, 0.25) is 5.91 Å². The Morgan fingerprint density at radius 1 is 1.24 bits per heavy atom. The third-order valence-corrected chi connectivity index (χ3v) is 4.22. The first-order valence-electron chi connectivity index (χ1n) is 7.37. The second-order valence-corrected chi connectivity index (χ2v) is 5.61. The SMILES string of the molecule is NC(=O)C1CCN(CCC(C(=O)O)c2ccccc2)CC1. The molecule has 3 N–H and O–H groups in total. The van der Waals surface area contributed by atoms with Gasteiger partial charge in [-0.3, -0.25) is 9.59 Å². The van der Waals surface area contributed by atoms with E-state index in [1.165, 1.54) is 0 Å². The second kappa shape index (κ2) is 7.22. The van der Waals surface area contributed by atoms with E-state index < -0.39 is 11.9 Å². The van der Waals surface area contributed by atoms with Crippen molar-refractivity contribution in [2.75, 3.05) is 19.6 Å². The molecule has 1 fully saturated rings. The number of aliphatic carboxylic acids is 1. The molecule has 0 saturated carbocycles. The van der Waals surface area contributed by atoms with E-state index in [0.717, 1.165) is 38.0 Å². The topological polar surface area (TPSA) is 83.6 Å². The van der Waals surface area contributed by atoms with Crippen molar-refractivity contribution in [1.82, 2.24) is 4.90 Å². The molecular weight excluding hydrogens is 268 g/mol. The van der Waals surface area contributed by atoms with Gasteiger partial charge in [0.25, 0.3) is 0 Å². The van der Waals surface area contributed by atoms with E-state index in [9.17, 15) is 14.7 Å². The minimum Gasteiger partial charge on any atom is -0.481 e. The van der Waals surface area contributed by atoms with Crippen LogP contribution in [0, 0.1) is 5.92 Å². The first-order chi connectivity index (χ1) is 10.1. The summed E-state index contributed by atoms with van der Waals surface area (Å²) in [6.07, 6.45) is 2.14. The molecule has 1 aromatic rings.